The highest BCUT2D eigenvalue weighted by atomic mass is 16.3. The number of hydrogen-bond donors (Lipinski definition) is 3. The van der Waals surface area contributed by atoms with Gasteiger partial charge in [-0.15, -0.1) is 0 Å². The first-order valence-corrected chi connectivity index (χ1v) is 4.90. The lowest BCUT2D eigenvalue weighted by Gasteiger charge is -2.15. The largest absolute Gasteiger partial charge is 0.392 e. The second-order valence-electron chi connectivity index (χ2n) is 3.63. The molecule has 0 spiro atoms. The summed E-state index contributed by atoms with van der Waals surface area (Å²) < 4.78 is 0. The van der Waals surface area contributed by atoms with Crippen molar-refractivity contribution >= 4 is 5.91 Å². The van der Waals surface area contributed by atoms with Gasteiger partial charge in [-0.3, -0.25) is 4.79 Å². The third-order valence-electron chi connectivity index (χ3n) is 2.49. The Morgan fingerprint density at radius 1 is 1.54 bits per heavy atom. The molecule has 1 fully saturated rings. The number of carbonyl (C=O) groups excluding carboxylic acids is 1. The molecule has 0 aromatic rings. The summed E-state index contributed by atoms with van der Waals surface area (Å²) in [7, 11) is 0. The van der Waals surface area contributed by atoms with E-state index < -0.39 is 0 Å². The van der Waals surface area contributed by atoms with E-state index in [1.807, 2.05) is 0 Å². The van der Waals surface area contributed by atoms with Crippen LogP contribution in [0.2, 0.25) is 0 Å². The highest BCUT2D eigenvalue weighted by molar-refractivity contribution is 5.73. The van der Waals surface area contributed by atoms with Crippen LogP contribution in [0.5, 0.6) is 0 Å². The Kier molecular flexibility index (Phi) is 4.18. The number of nitrogens with two attached hydrogens (primary N) is 1. The Labute approximate surface area is 78.5 Å². The summed E-state index contributed by atoms with van der Waals surface area (Å²) in [6, 6.07) is 0.230. The van der Waals surface area contributed by atoms with Gasteiger partial charge in [0.15, 0.2) is 0 Å². The van der Waals surface area contributed by atoms with E-state index in [1.54, 1.807) is 0 Å². The number of aliphatic hydroxyl groups excluding tert-OH is 1. The first-order chi connectivity index (χ1) is 6.20. The number of amides is 1. The fraction of sp³-hybridized carbons (Fsp3) is 0.889. The predicted octanol–water partition coefficient (Wildman–Crippen LogP) is -0.245. The van der Waals surface area contributed by atoms with Crippen LogP contribution in [0.1, 0.15) is 32.1 Å². The molecule has 0 bridgehead atoms. The minimum atomic E-state index is -0.256. The maximum absolute atomic E-state index is 10.4. The summed E-state index contributed by atoms with van der Waals surface area (Å²) in [6.45, 7) is 0.769. The lowest BCUT2D eigenvalue weighted by Crippen LogP contribution is -2.36. The molecule has 4 N–H and O–H groups in total. The van der Waals surface area contributed by atoms with Crippen molar-refractivity contribution in [1.29, 1.82) is 0 Å². The Morgan fingerprint density at radius 2 is 2.31 bits per heavy atom. The maximum Gasteiger partial charge on any atom is 0.217 e. The van der Waals surface area contributed by atoms with Gasteiger partial charge in [0.2, 0.25) is 5.91 Å². The summed E-state index contributed by atoms with van der Waals surface area (Å²) in [4.78, 5) is 10.4. The minimum Gasteiger partial charge on any atom is -0.392 e. The third kappa shape index (κ3) is 3.74. The highest BCUT2D eigenvalue weighted by Gasteiger charge is 2.23. The molecule has 0 radical (unpaired) electrons. The predicted molar refractivity (Wildman–Crippen MR) is 50.1 cm³/mol. The smallest absolute Gasteiger partial charge is 0.217 e. The molecular formula is C9H18N2O2. The van der Waals surface area contributed by atoms with Crippen molar-refractivity contribution in [3.63, 3.8) is 0 Å². The van der Waals surface area contributed by atoms with Gasteiger partial charge in [-0.1, -0.05) is 0 Å². The standard InChI is InChI=1S/C9H18N2O2/c10-9(13)5-2-6-11-7-3-1-4-8(7)12/h7-8,11-12H,1-6H2,(H2,10,13). The van der Waals surface area contributed by atoms with Gasteiger partial charge in [-0.05, 0) is 32.2 Å². The molecule has 2 atom stereocenters. The van der Waals surface area contributed by atoms with Crippen LogP contribution in [0.25, 0.3) is 0 Å². The number of primary amides is 1. The Morgan fingerprint density at radius 3 is 2.85 bits per heavy atom. The Balaban J connectivity index is 2.02. The Hall–Kier alpha value is -0.610. The molecule has 1 aliphatic carbocycles. The second-order valence-corrected chi connectivity index (χ2v) is 3.63. The average Bonchev–Trinajstić information content (AvgIpc) is 2.45. The fourth-order valence-corrected chi connectivity index (χ4v) is 1.73. The van der Waals surface area contributed by atoms with E-state index in [-0.39, 0.29) is 18.1 Å². The Bertz CT molecular complexity index is 173. The van der Waals surface area contributed by atoms with Gasteiger partial charge >= 0.3 is 0 Å². The van der Waals surface area contributed by atoms with Crippen LogP contribution in [0.15, 0.2) is 0 Å². The molecule has 76 valence electrons. The van der Waals surface area contributed by atoms with E-state index in [4.69, 9.17) is 5.73 Å². The van der Waals surface area contributed by atoms with Crippen molar-refractivity contribution in [2.75, 3.05) is 6.54 Å². The number of aliphatic hydroxyl groups is 1. The van der Waals surface area contributed by atoms with E-state index >= 15 is 0 Å². The van der Waals surface area contributed by atoms with Crippen molar-refractivity contribution in [3.8, 4) is 0 Å². The van der Waals surface area contributed by atoms with E-state index in [9.17, 15) is 9.90 Å². The summed E-state index contributed by atoms with van der Waals surface area (Å²) in [6.07, 6.45) is 4.02. The second kappa shape index (κ2) is 5.19. The molecule has 0 heterocycles. The van der Waals surface area contributed by atoms with Gasteiger partial charge in [-0.25, -0.2) is 0 Å². The van der Waals surface area contributed by atoms with Gasteiger partial charge in [0.1, 0.15) is 0 Å². The number of rotatable bonds is 5. The lowest BCUT2D eigenvalue weighted by atomic mass is 10.2. The molecule has 0 aliphatic heterocycles. The topological polar surface area (TPSA) is 75.4 Å². The average molecular weight is 186 g/mol. The molecule has 1 amide bonds. The zero-order valence-corrected chi connectivity index (χ0v) is 7.83. The van der Waals surface area contributed by atoms with Crippen molar-refractivity contribution in [2.24, 2.45) is 5.73 Å². The highest BCUT2D eigenvalue weighted by Crippen LogP contribution is 2.18. The SMILES string of the molecule is NC(=O)CCCNC1CCCC1O. The van der Waals surface area contributed by atoms with E-state index in [0.717, 1.165) is 32.2 Å². The molecule has 0 aromatic heterocycles. The molecule has 0 aromatic carbocycles. The van der Waals surface area contributed by atoms with Gasteiger partial charge in [-0.2, -0.15) is 0 Å². The van der Waals surface area contributed by atoms with Crippen LogP contribution in [0, 0.1) is 0 Å². The number of nitrogens with one attached hydrogen (secondary N) is 1. The minimum absolute atomic E-state index is 0.200. The zero-order chi connectivity index (χ0) is 9.68. The molecule has 1 rings (SSSR count). The number of carbonyl (C=O) groups is 1. The molecule has 2 unspecified atom stereocenters. The van der Waals surface area contributed by atoms with Gasteiger partial charge in [0, 0.05) is 12.5 Å². The van der Waals surface area contributed by atoms with Crippen LogP contribution in [-0.2, 0) is 4.79 Å². The van der Waals surface area contributed by atoms with Crippen molar-refractivity contribution in [3.05, 3.63) is 0 Å². The molecule has 1 saturated carbocycles. The molecule has 1 aliphatic rings. The quantitative estimate of drug-likeness (QED) is 0.518. The summed E-state index contributed by atoms with van der Waals surface area (Å²) >= 11 is 0. The van der Waals surface area contributed by atoms with Crippen LogP contribution in [-0.4, -0.2) is 29.7 Å². The van der Waals surface area contributed by atoms with Crippen molar-refractivity contribution in [2.45, 2.75) is 44.2 Å². The molecule has 0 saturated heterocycles. The van der Waals surface area contributed by atoms with Gasteiger partial charge in [0.25, 0.3) is 0 Å². The first-order valence-electron chi connectivity index (χ1n) is 4.90. The van der Waals surface area contributed by atoms with Crippen molar-refractivity contribution < 1.29 is 9.90 Å². The zero-order valence-electron chi connectivity index (χ0n) is 7.83. The summed E-state index contributed by atoms with van der Waals surface area (Å²) in [5.41, 5.74) is 5.00. The summed E-state index contributed by atoms with van der Waals surface area (Å²) in [5, 5.41) is 12.7. The van der Waals surface area contributed by atoms with Gasteiger partial charge < -0.3 is 16.2 Å². The van der Waals surface area contributed by atoms with E-state index in [0.29, 0.717) is 6.42 Å². The van der Waals surface area contributed by atoms with Crippen LogP contribution < -0.4 is 11.1 Å². The molecule has 4 nitrogen and oxygen atoms in total. The molecular weight excluding hydrogens is 168 g/mol. The number of hydrogen-bond acceptors (Lipinski definition) is 3. The summed E-state index contributed by atoms with van der Waals surface area (Å²) in [5.74, 6) is -0.256. The van der Waals surface area contributed by atoms with Crippen LogP contribution in [0.3, 0.4) is 0 Å². The molecule has 4 heteroatoms. The van der Waals surface area contributed by atoms with Crippen molar-refractivity contribution in [1.82, 2.24) is 5.32 Å². The maximum atomic E-state index is 10.4. The fourth-order valence-electron chi connectivity index (χ4n) is 1.73. The molecule has 13 heavy (non-hydrogen) atoms. The van der Waals surface area contributed by atoms with Crippen LogP contribution >= 0.6 is 0 Å². The van der Waals surface area contributed by atoms with Crippen LogP contribution in [0.4, 0.5) is 0 Å². The van der Waals surface area contributed by atoms with E-state index in [1.165, 1.54) is 0 Å². The monoisotopic (exact) mass is 186 g/mol. The third-order valence-corrected chi connectivity index (χ3v) is 2.49. The van der Waals surface area contributed by atoms with Gasteiger partial charge in [0.05, 0.1) is 6.10 Å². The normalized spacial score (nSPS) is 27.8. The lowest BCUT2D eigenvalue weighted by molar-refractivity contribution is -0.118. The van der Waals surface area contributed by atoms with E-state index in [2.05, 4.69) is 5.32 Å². The first kappa shape index (κ1) is 10.5.